The Morgan fingerprint density at radius 3 is 2.75 bits per heavy atom. The number of rotatable bonds is 6. The van der Waals surface area contributed by atoms with E-state index in [1.807, 2.05) is 29.1 Å². The number of hydrogen-bond acceptors (Lipinski definition) is 2. The Hall–Kier alpha value is -1.87. The van der Waals surface area contributed by atoms with Crippen molar-refractivity contribution in [1.29, 1.82) is 0 Å². The van der Waals surface area contributed by atoms with Crippen LogP contribution in [0.3, 0.4) is 0 Å². The highest BCUT2D eigenvalue weighted by atomic mass is 15.3. The van der Waals surface area contributed by atoms with E-state index in [9.17, 15) is 0 Å². The van der Waals surface area contributed by atoms with Crippen molar-refractivity contribution in [3.05, 3.63) is 53.9 Å². The van der Waals surface area contributed by atoms with Gasteiger partial charge in [-0.1, -0.05) is 43.7 Å². The Bertz CT molecular complexity index is 553. The summed E-state index contributed by atoms with van der Waals surface area (Å²) in [6, 6.07) is 10.2. The summed E-state index contributed by atoms with van der Waals surface area (Å²) in [5.74, 6) is 0.684. The molecule has 0 saturated heterocycles. The van der Waals surface area contributed by atoms with Crippen LogP contribution in [-0.2, 0) is 0 Å². The molecule has 0 aliphatic heterocycles. The van der Waals surface area contributed by atoms with Crippen molar-refractivity contribution >= 4 is 6.08 Å². The van der Waals surface area contributed by atoms with Gasteiger partial charge in [0.1, 0.15) is 0 Å². The second-order valence-electron chi connectivity index (χ2n) is 5.57. The Morgan fingerprint density at radius 2 is 2.05 bits per heavy atom. The van der Waals surface area contributed by atoms with Crippen LogP contribution in [0.25, 0.3) is 11.8 Å². The van der Waals surface area contributed by atoms with Gasteiger partial charge in [-0.25, -0.2) is 4.68 Å². The summed E-state index contributed by atoms with van der Waals surface area (Å²) in [6.07, 6.45) is 6.14. The predicted molar refractivity (Wildman–Crippen MR) is 84.9 cm³/mol. The monoisotopic (exact) mass is 269 g/mol. The highest BCUT2D eigenvalue weighted by Crippen LogP contribution is 2.10. The maximum absolute atomic E-state index is 4.40. The van der Waals surface area contributed by atoms with Gasteiger partial charge in [0.15, 0.2) is 0 Å². The maximum Gasteiger partial charge on any atom is 0.0645 e. The predicted octanol–water partition coefficient (Wildman–Crippen LogP) is 3.52. The van der Waals surface area contributed by atoms with E-state index < -0.39 is 0 Å². The zero-order valence-electron chi connectivity index (χ0n) is 12.5. The molecule has 3 heteroatoms. The summed E-state index contributed by atoms with van der Waals surface area (Å²) in [5, 5.41) is 7.85. The topological polar surface area (TPSA) is 29.9 Å². The minimum absolute atomic E-state index is 0.684. The lowest BCUT2D eigenvalue weighted by molar-refractivity contribution is 0.572. The SMILES string of the molecule is CC(=Cc1cnn(-c2ccccc2)c1)CNCC(C)C. The fraction of sp³-hybridized carbons (Fsp3) is 0.353. The van der Waals surface area contributed by atoms with E-state index in [2.05, 4.69) is 55.6 Å². The van der Waals surface area contributed by atoms with E-state index in [1.54, 1.807) is 0 Å². The molecule has 1 aromatic heterocycles. The Morgan fingerprint density at radius 1 is 1.30 bits per heavy atom. The van der Waals surface area contributed by atoms with Gasteiger partial charge in [0.2, 0.25) is 0 Å². The molecule has 20 heavy (non-hydrogen) atoms. The average Bonchev–Trinajstić information content (AvgIpc) is 2.88. The van der Waals surface area contributed by atoms with Crippen molar-refractivity contribution in [2.24, 2.45) is 5.92 Å². The largest absolute Gasteiger partial charge is 0.313 e. The summed E-state index contributed by atoms with van der Waals surface area (Å²) in [4.78, 5) is 0. The molecule has 0 saturated carbocycles. The van der Waals surface area contributed by atoms with Crippen molar-refractivity contribution < 1.29 is 0 Å². The number of nitrogens with zero attached hydrogens (tertiary/aromatic N) is 2. The molecule has 2 aromatic rings. The second kappa shape index (κ2) is 7.06. The summed E-state index contributed by atoms with van der Waals surface area (Å²) in [6.45, 7) is 8.56. The van der Waals surface area contributed by atoms with E-state index in [0.717, 1.165) is 24.3 Å². The van der Waals surface area contributed by atoms with Gasteiger partial charge in [-0.05, 0) is 31.5 Å². The van der Waals surface area contributed by atoms with Crippen molar-refractivity contribution in [3.63, 3.8) is 0 Å². The van der Waals surface area contributed by atoms with E-state index in [0.29, 0.717) is 5.92 Å². The van der Waals surface area contributed by atoms with Gasteiger partial charge in [0.05, 0.1) is 11.9 Å². The van der Waals surface area contributed by atoms with Crippen molar-refractivity contribution in [2.75, 3.05) is 13.1 Å². The second-order valence-corrected chi connectivity index (χ2v) is 5.57. The van der Waals surface area contributed by atoms with Gasteiger partial charge < -0.3 is 5.32 Å². The Balaban J connectivity index is 1.98. The Labute approximate surface area is 121 Å². The third kappa shape index (κ3) is 4.35. The minimum Gasteiger partial charge on any atom is -0.313 e. The number of para-hydroxylation sites is 1. The number of aromatic nitrogens is 2. The van der Waals surface area contributed by atoms with Crippen molar-refractivity contribution in [1.82, 2.24) is 15.1 Å². The lowest BCUT2D eigenvalue weighted by atomic mass is 10.2. The van der Waals surface area contributed by atoms with Crippen molar-refractivity contribution in [2.45, 2.75) is 20.8 Å². The molecule has 0 fully saturated rings. The van der Waals surface area contributed by atoms with E-state index in [-0.39, 0.29) is 0 Å². The third-order valence-electron chi connectivity index (χ3n) is 2.99. The van der Waals surface area contributed by atoms with E-state index >= 15 is 0 Å². The molecule has 3 nitrogen and oxygen atoms in total. The van der Waals surface area contributed by atoms with Crippen LogP contribution in [0.2, 0.25) is 0 Å². The highest BCUT2D eigenvalue weighted by Gasteiger charge is 1.99. The van der Waals surface area contributed by atoms with E-state index in [1.165, 1.54) is 5.57 Å². The molecular formula is C17H23N3. The molecule has 1 heterocycles. The fourth-order valence-electron chi connectivity index (χ4n) is 2.03. The zero-order chi connectivity index (χ0) is 14.4. The molecule has 0 bridgehead atoms. The summed E-state index contributed by atoms with van der Waals surface area (Å²) in [7, 11) is 0. The first-order valence-electron chi connectivity index (χ1n) is 7.13. The molecular weight excluding hydrogens is 246 g/mol. The zero-order valence-corrected chi connectivity index (χ0v) is 12.5. The summed E-state index contributed by atoms with van der Waals surface area (Å²) < 4.78 is 1.90. The van der Waals surface area contributed by atoms with Crippen LogP contribution in [0.5, 0.6) is 0 Å². The maximum atomic E-state index is 4.40. The van der Waals surface area contributed by atoms with E-state index in [4.69, 9.17) is 0 Å². The van der Waals surface area contributed by atoms with Gasteiger partial charge in [0.25, 0.3) is 0 Å². The fourth-order valence-corrected chi connectivity index (χ4v) is 2.03. The van der Waals surface area contributed by atoms with Gasteiger partial charge >= 0.3 is 0 Å². The average molecular weight is 269 g/mol. The highest BCUT2D eigenvalue weighted by molar-refractivity contribution is 5.51. The normalized spacial score (nSPS) is 12.1. The molecule has 1 aromatic carbocycles. The molecule has 0 amide bonds. The van der Waals surface area contributed by atoms with Crippen molar-refractivity contribution in [3.8, 4) is 5.69 Å². The first-order chi connectivity index (χ1) is 9.65. The number of nitrogens with one attached hydrogen (secondary N) is 1. The van der Waals surface area contributed by atoms with Crippen LogP contribution < -0.4 is 5.32 Å². The third-order valence-corrected chi connectivity index (χ3v) is 2.99. The minimum atomic E-state index is 0.684. The molecule has 0 atom stereocenters. The Kier molecular flexibility index (Phi) is 5.13. The summed E-state index contributed by atoms with van der Waals surface area (Å²) >= 11 is 0. The summed E-state index contributed by atoms with van der Waals surface area (Å²) in [5.41, 5.74) is 3.54. The molecule has 2 rings (SSSR count). The first kappa shape index (κ1) is 14.5. The lowest BCUT2D eigenvalue weighted by Gasteiger charge is -2.07. The molecule has 1 N–H and O–H groups in total. The molecule has 106 valence electrons. The molecule has 0 radical (unpaired) electrons. The van der Waals surface area contributed by atoms with Crippen LogP contribution in [0.4, 0.5) is 0 Å². The number of hydrogen-bond donors (Lipinski definition) is 1. The quantitative estimate of drug-likeness (QED) is 0.869. The molecule has 0 unspecified atom stereocenters. The number of benzene rings is 1. The van der Waals surface area contributed by atoms with Crippen LogP contribution in [-0.4, -0.2) is 22.9 Å². The van der Waals surface area contributed by atoms with Gasteiger partial charge in [-0.2, -0.15) is 5.10 Å². The van der Waals surface area contributed by atoms with Crippen LogP contribution in [0.1, 0.15) is 26.3 Å². The first-order valence-corrected chi connectivity index (χ1v) is 7.13. The molecule has 0 spiro atoms. The van der Waals surface area contributed by atoms with Crippen LogP contribution >= 0.6 is 0 Å². The smallest absolute Gasteiger partial charge is 0.0645 e. The standard InChI is InChI=1S/C17H23N3/c1-14(2)10-18-11-15(3)9-16-12-19-20(13-16)17-7-5-4-6-8-17/h4-9,12-14,18H,10-11H2,1-3H3. The van der Waals surface area contributed by atoms with Gasteiger partial charge in [0, 0.05) is 18.3 Å². The van der Waals surface area contributed by atoms with Gasteiger partial charge in [-0.15, -0.1) is 0 Å². The lowest BCUT2D eigenvalue weighted by Crippen LogP contribution is -2.21. The van der Waals surface area contributed by atoms with Gasteiger partial charge in [-0.3, -0.25) is 0 Å². The van der Waals surface area contributed by atoms with Crippen LogP contribution in [0.15, 0.2) is 48.3 Å². The molecule has 0 aliphatic carbocycles. The molecule has 0 aliphatic rings. The van der Waals surface area contributed by atoms with Crippen LogP contribution in [0, 0.1) is 5.92 Å².